The third kappa shape index (κ3) is 4.96. The van der Waals surface area contributed by atoms with Crippen molar-refractivity contribution in [3.05, 3.63) is 0 Å². The molecule has 92 valence electrons. The van der Waals surface area contributed by atoms with Gasteiger partial charge < -0.3 is 10.0 Å². The lowest BCUT2D eigenvalue weighted by atomic mass is 10.0. The fourth-order valence-electron chi connectivity index (χ4n) is 2.55. The van der Waals surface area contributed by atoms with E-state index in [1.54, 1.807) is 0 Å². The maximum Gasteiger partial charge on any atom is 0.0622 e. The maximum atomic E-state index is 9.51. The minimum absolute atomic E-state index is 0.207. The predicted octanol–water partition coefficient (Wildman–Crippen LogP) is 2.31. The summed E-state index contributed by atoms with van der Waals surface area (Å²) in [7, 11) is 0. The molecule has 2 unspecified atom stereocenters. The molecule has 3 nitrogen and oxygen atoms in total. The van der Waals surface area contributed by atoms with Gasteiger partial charge in [0, 0.05) is 12.5 Å². The Kier molecular flexibility index (Phi) is 6.44. The smallest absolute Gasteiger partial charge is 0.0622 e. The molecule has 2 atom stereocenters. The number of hydrogen-bond donors (Lipinski definition) is 1. The van der Waals surface area contributed by atoms with Gasteiger partial charge in [0.25, 0.3) is 0 Å². The normalized spacial score (nSPS) is 24.7. The third-order valence-electron chi connectivity index (χ3n) is 3.35. The molecule has 1 N–H and O–H groups in total. The van der Waals surface area contributed by atoms with Crippen LogP contribution in [0.1, 0.15) is 51.9 Å². The average molecular weight is 224 g/mol. The molecule has 1 aliphatic rings. The molecule has 0 aromatic rings. The first-order valence-corrected chi connectivity index (χ1v) is 6.53. The largest absolute Gasteiger partial charge is 0.393 e. The zero-order chi connectivity index (χ0) is 11.8. The SMILES string of the molecule is CC(O)CC1CCCCCN1CCCC#N. The Morgan fingerprint density at radius 1 is 1.44 bits per heavy atom. The standard InChI is InChI=1S/C13H24N2O/c1-12(16)11-13-7-3-2-5-9-15(13)10-6-4-8-14/h12-13,16H,2-7,9-11H2,1H3. The summed E-state index contributed by atoms with van der Waals surface area (Å²) in [6, 6.07) is 2.73. The van der Waals surface area contributed by atoms with Crippen LogP contribution in [0.2, 0.25) is 0 Å². The second kappa shape index (κ2) is 7.65. The summed E-state index contributed by atoms with van der Waals surface area (Å²) in [4.78, 5) is 2.48. The Labute approximate surface area is 99.1 Å². The molecule has 0 amide bonds. The third-order valence-corrected chi connectivity index (χ3v) is 3.35. The van der Waals surface area contributed by atoms with Crippen LogP contribution >= 0.6 is 0 Å². The van der Waals surface area contributed by atoms with E-state index in [0.29, 0.717) is 12.5 Å². The van der Waals surface area contributed by atoms with Gasteiger partial charge in [0.15, 0.2) is 0 Å². The van der Waals surface area contributed by atoms with Crippen molar-refractivity contribution in [1.82, 2.24) is 4.90 Å². The fraction of sp³-hybridized carbons (Fsp3) is 0.923. The predicted molar refractivity (Wildman–Crippen MR) is 65.0 cm³/mol. The van der Waals surface area contributed by atoms with Crippen molar-refractivity contribution in [3.8, 4) is 6.07 Å². The van der Waals surface area contributed by atoms with Crippen LogP contribution in [0.15, 0.2) is 0 Å². The molecule has 0 aliphatic carbocycles. The summed E-state index contributed by atoms with van der Waals surface area (Å²) >= 11 is 0. The van der Waals surface area contributed by atoms with E-state index in [1.807, 2.05) is 6.92 Å². The molecule has 0 aromatic carbocycles. The van der Waals surface area contributed by atoms with Crippen LogP contribution in [-0.4, -0.2) is 35.2 Å². The molecule has 1 rings (SSSR count). The van der Waals surface area contributed by atoms with Crippen molar-refractivity contribution in [2.45, 2.75) is 64.0 Å². The van der Waals surface area contributed by atoms with Gasteiger partial charge in [-0.15, -0.1) is 0 Å². The zero-order valence-electron chi connectivity index (χ0n) is 10.4. The van der Waals surface area contributed by atoms with Crippen molar-refractivity contribution < 1.29 is 5.11 Å². The van der Waals surface area contributed by atoms with Gasteiger partial charge in [0.05, 0.1) is 12.2 Å². The monoisotopic (exact) mass is 224 g/mol. The minimum atomic E-state index is -0.207. The molecule has 0 bridgehead atoms. The first-order chi connectivity index (χ1) is 7.74. The summed E-state index contributed by atoms with van der Waals surface area (Å²) in [5.74, 6) is 0. The van der Waals surface area contributed by atoms with Crippen molar-refractivity contribution >= 4 is 0 Å². The number of nitrogens with zero attached hydrogens (tertiary/aromatic N) is 2. The topological polar surface area (TPSA) is 47.3 Å². The molecule has 0 aromatic heterocycles. The van der Waals surface area contributed by atoms with Gasteiger partial charge in [-0.3, -0.25) is 0 Å². The molecule has 3 heteroatoms. The Bertz CT molecular complexity index is 222. The lowest BCUT2D eigenvalue weighted by molar-refractivity contribution is 0.112. The molecule has 16 heavy (non-hydrogen) atoms. The first-order valence-electron chi connectivity index (χ1n) is 6.53. The Hall–Kier alpha value is -0.590. The number of likely N-dealkylation sites (tertiary alicyclic amines) is 1. The highest BCUT2D eigenvalue weighted by atomic mass is 16.3. The van der Waals surface area contributed by atoms with E-state index in [2.05, 4.69) is 11.0 Å². The highest BCUT2D eigenvalue weighted by Crippen LogP contribution is 2.20. The maximum absolute atomic E-state index is 9.51. The molecule has 1 fully saturated rings. The minimum Gasteiger partial charge on any atom is -0.393 e. The zero-order valence-corrected chi connectivity index (χ0v) is 10.4. The molecule has 1 aliphatic heterocycles. The van der Waals surface area contributed by atoms with Crippen molar-refractivity contribution in [2.24, 2.45) is 0 Å². The van der Waals surface area contributed by atoms with Crippen molar-refractivity contribution in [2.75, 3.05) is 13.1 Å². The van der Waals surface area contributed by atoms with Crippen LogP contribution in [0.25, 0.3) is 0 Å². The van der Waals surface area contributed by atoms with Gasteiger partial charge >= 0.3 is 0 Å². The van der Waals surface area contributed by atoms with Crippen LogP contribution < -0.4 is 0 Å². The van der Waals surface area contributed by atoms with E-state index >= 15 is 0 Å². The van der Waals surface area contributed by atoms with Crippen LogP contribution in [0.3, 0.4) is 0 Å². The highest BCUT2D eigenvalue weighted by molar-refractivity contribution is 4.78. The highest BCUT2D eigenvalue weighted by Gasteiger charge is 2.21. The van der Waals surface area contributed by atoms with Crippen LogP contribution in [0.5, 0.6) is 0 Å². The number of unbranched alkanes of at least 4 members (excludes halogenated alkanes) is 1. The molecule has 0 spiro atoms. The van der Waals surface area contributed by atoms with E-state index < -0.39 is 0 Å². The van der Waals surface area contributed by atoms with Gasteiger partial charge in [0.1, 0.15) is 0 Å². The molecule has 1 saturated heterocycles. The summed E-state index contributed by atoms with van der Waals surface area (Å²) in [6.45, 7) is 4.03. The Morgan fingerprint density at radius 2 is 2.25 bits per heavy atom. The first kappa shape index (κ1) is 13.5. The lowest BCUT2D eigenvalue weighted by Crippen LogP contribution is -2.37. The van der Waals surface area contributed by atoms with Crippen LogP contribution in [-0.2, 0) is 0 Å². The molecule has 1 heterocycles. The molecule has 0 saturated carbocycles. The van der Waals surface area contributed by atoms with Crippen molar-refractivity contribution in [3.63, 3.8) is 0 Å². The van der Waals surface area contributed by atoms with Gasteiger partial charge in [-0.2, -0.15) is 5.26 Å². The van der Waals surface area contributed by atoms with E-state index in [4.69, 9.17) is 5.26 Å². The summed E-state index contributed by atoms with van der Waals surface area (Å²) in [5.41, 5.74) is 0. The summed E-state index contributed by atoms with van der Waals surface area (Å²) < 4.78 is 0. The van der Waals surface area contributed by atoms with Crippen molar-refractivity contribution in [1.29, 1.82) is 5.26 Å². The molecule has 0 radical (unpaired) electrons. The van der Waals surface area contributed by atoms with E-state index in [1.165, 1.54) is 25.7 Å². The van der Waals surface area contributed by atoms with Gasteiger partial charge in [-0.25, -0.2) is 0 Å². The molecular weight excluding hydrogens is 200 g/mol. The fourth-order valence-corrected chi connectivity index (χ4v) is 2.55. The number of hydrogen-bond acceptors (Lipinski definition) is 3. The quantitative estimate of drug-likeness (QED) is 0.729. The summed E-state index contributed by atoms with van der Waals surface area (Å²) in [6.07, 6.45) is 7.36. The summed E-state index contributed by atoms with van der Waals surface area (Å²) in [5, 5.41) is 18.1. The van der Waals surface area contributed by atoms with Crippen LogP contribution in [0, 0.1) is 11.3 Å². The van der Waals surface area contributed by atoms with E-state index in [0.717, 1.165) is 25.9 Å². The van der Waals surface area contributed by atoms with E-state index in [9.17, 15) is 5.11 Å². The number of rotatable bonds is 5. The Balaban J connectivity index is 2.42. The number of aliphatic hydroxyl groups excluding tert-OH is 1. The van der Waals surface area contributed by atoms with E-state index in [-0.39, 0.29) is 6.10 Å². The molecular formula is C13H24N2O. The Morgan fingerprint density at radius 3 is 2.94 bits per heavy atom. The number of nitriles is 1. The van der Waals surface area contributed by atoms with Gasteiger partial charge in [-0.05, 0) is 45.7 Å². The van der Waals surface area contributed by atoms with Crippen LogP contribution in [0.4, 0.5) is 0 Å². The number of aliphatic hydroxyl groups is 1. The second-order valence-electron chi connectivity index (χ2n) is 4.89. The van der Waals surface area contributed by atoms with Gasteiger partial charge in [0.2, 0.25) is 0 Å². The van der Waals surface area contributed by atoms with Gasteiger partial charge in [-0.1, -0.05) is 12.8 Å². The average Bonchev–Trinajstić information content (AvgIpc) is 2.44. The lowest BCUT2D eigenvalue weighted by Gasteiger charge is -2.30. The second-order valence-corrected chi connectivity index (χ2v) is 4.89.